The lowest BCUT2D eigenvalue weighted by Crippen LogP contribution is -2.30. The Hall–Kier alpha value is -3.41. The van der Waals surface area contributed by atoms with Gasteiger partial charge in [-0.2, -0.15) is 0 Å². The Morgan fingerprint density at radius 3 is 2.50 bits per heavy atom. The van der Waals surface area contributed by atoms with Gasteiger partial charge in [-0.25, -0.2) is 4.98 Å². The summed E-state index contributed by atoms with van der Waals surface area (Å²) in [5.74, 6) is 0.374. The molecule has 0 spiro atoms. The summed E-state index contributed by atoms with van der Waals surface area (Å²) in [7, 11) is 0. The molecule has 1 saturated heterocycles. The fraction of sp³-hybridized carbons (Fsp3) is 0.346. The molecule has 0 saturated carbocycles. The van der Waals surface area contributed by atoms with Crippen LogP contribution in [0.3, 0.4) is 0 Å². The highest BCUT2D eigenvalue weighted by Gasteiger charge is 2.13. The van der Waals surface area contributed by atoms with Gasteiger partial charge in [0, 0.05) is 31.4 Å². The first-order valence-electron chi connectivity index (χ1n) is 11.4. The zero-order chi connectivity index (χ0) is 22.3. The van der Waals surface area contributed by atoms with Gasteiger partial charge in [0.25, 0.3) is 5.56 Å². The van der Waals surface area contributed by atoms with E-state index in [2.05, 4.69) is 39.1 Å². The Labute approximate surface area is 188 Å². The zero-order valence-corrected chi connectivity index (χ0v) is 18.6. The third-order valence-electron chi connectivity index (χ3n) is 5.98. The van der Waals surface area contributed by atoms with Gasteiger partial charge in [-0.3, -0.25) is 9.59 Å². The molecule has 1 N–H and O–H groups in total. The number of anilines is 1. The second-order valence-electron chi connectivity index (χ2n) is 8.21. The predicted octanol–water partition coefficient (Wildman–Crippen LogP) is 4.37. The highest BCUT2D eigenvalue weighted by Crippen LogP contribution is 2.20. The van der Waals surface area contributed by atoms with Crippen LogP contribution in [0.1, 0.15) is 44.0 Å². The standard InChI is InChI=1S/C26H30N4O2/c1-2-29(19-24-27-23-10-6-5-9-22(23)26(32)28-24)25(31)16-13-20-11-14-21(15-12-20)30-17-7-3-4-8-18-30/h5-6,9-16H,2-4,7-8,17-19H2,1H3,(H,27,28,32)/b16-13-. The SMILES string of the molecule is CCN(Cc1nc2ccccc2c(=O)[nH]1)C(=O)/C=C\c1ccc(N2CCCCCC2)cc1. The molecule has 1 aliphatic rings. The number of aromatic nitrogens is 2. The number of H-pyrrole nitrogens is 1. The molecule has 0 aliphatic carbocycles. The maximum absolute atomic E-state index is 12.8. The molecule has 4 rings (SSSR count). The molecule has 2 aromatic carbocycles. The predicted molar refractivity (Wildman–Crippen MR) is 130 cm³/mol. The van der Waals surface area contributed by atoms with Crippen LogP contribution in [0.5, 0.6) is 0 Å². The van der Waals surface area contributed by atoms with E-state index in [0.717, 1.165) is 18.7 Å². The summed E-state index contributed by atoms with van der Waals surface area (Å²) in [6.07, 6.45) is 8.56. The van der Waals surface area contributed by atoms with E-state index in [0.29, 0.717) is 23.3 Å². The van der Waals surface area contributed by atoms with Gasteiger partial charge in [0.05, 0.1) is 17.4 Å². The van der Waals surface area contributed by atoms with Gasteiger partial charge in [-0.05, 0) is 55.7 Å². The number of carbonyl (C=O) groups excluding carboxylic acids is 1. The summed E-state index contributed by atoms with van der Waals surface area (Å²) < 4.78 is 0. The van der Waals surface area contributed by atoms with Gasteiger partial charge >= 0.3 is 0 Å². The smallest absolute Gasteiger partial charge is 0.258 e. The topological polar surface area (TPSA) is 69.3 Å². The van der Waals surface area contributed by atoms with Crippen molar-refractivity contribution in [2.75, 3.05) is 24.5 Å². The molecule has 0 atom stereocenters. The third-order valence-corrected chi connectivity index (χ3v) is 5.98. The number of carbonyl (C=O) groups is 1. The number of nitrogens with zero attached hydrogens (tertiary/aromatic N) is 3. The normalized spacial score (nSPS) is 14.6. The maximum Gasteiger partial charge on any atom is 0.258 e. The fourth-order valence-corrected chi connectivity index (χ4v) is 4.13. The van der Waals surface area contributed by atoms with Crippen LogP contribution in [0, 0.1) is 0 Å². The van der Waals surface area contributed by atoms with Crippen molar-refractivity contribution in [2.24, 2.45) is 0 Å². The van der Waals surface area contributed by atoms with Crippen LogP contribution in [0.4, 0.5) is 5.69 Å². The highest BCUT2D eigenvalue weighted by molar-refractivity contribution is 5.91. The van der Waals surface area contributed by atoms with Gasteiger partial charge < -0.3 is 14.8 Å². The van der Waals surface area contributed by atoms with E-state index < -0.39 is 0 Å². The molecule has 0 radical (unpaired) electrons. The first-order valence-corrected chi connectivity index (χ1v) is 11.4. The van der Waals surface area contributed by atoms with Crippen LogP contribution in [0.15, 0.2) is 59.4 Å². The second kappa shape index (κ2) is 10.3. The van der Waals surface area contributed by atoms with Crippen LogP contribution in [0.25, 0.3) is 17.0 Å². The number of hydrogen-bond acceptors (Lipinski definition) is 4. The largest absolute Gasteiger partial charge is 0.372 e. The summed E-state index contributed by atoms with van der Waals surface area (Å²) in [6, 6.07) is 15.6. The average molecular weight is 431 g/mol. The van der Waals surface area contributed by atoms with Gasteiger partial charge in [0.2, 0.25) is 5.91 Å². The average Bonchev–Trinajstić information content (AvgIpc) is 3.11. The lowest BCUT2D eigenvalue weighted by molar-refractivity contribution is -0.126. The van der Waals surface area contributed by atoms with E-state index >= 15 is 0 Å². The molecule has 1 amide bonds. The molecule has 166 valence electrons. The fourth-order valence-electron chi connectivity index (χ4n) is 4.13. The molecule has 6 heteroatoms. The molecule has 1 aliphatic heterocycles. The number of rotatable bonds is 6. The number of benzene rings is 2. The summed E-state index contributed by atoms with van der Waals surface area (Å²) >= 11 is 0. The Balaban J connectivity index is 1.42. The Kier molecular flexibility index (Phi) is 7.00. The second-order valence-corrected chi connectivity index (χ2v) is 8.21. The van der Waals surface area contributed by atoms with E-state index in [1.165, 1.54) is 31.4 Å². The molecular formula is C26H30N4O2. The van der Waals surface area contributed by atoms with Crippen molar-refractivity contribution in [2.45, 2.75) is 39.2 Å². The summed E-state index contributed by atoms with van der Waals surface area (Å²) in [6.45, 7) is 4.93. The van der Waals surface area contributed by atoms with Crippen LogP contribution in [-0.2, 0) is 11.3 Å². The molecule has 2 heterocycles. The van der Waals surface area contributed by atoms with Gasteiger partial charge in [0.1, 0.15) is 5.82 Å². The van der Waals surface area contributed by atoms with Crippen molar-refractivity contribution in [3.05, 3.63) is 76.3 Å². The minimum atomic E-state index is -0.186. The van der Waals surface area contributed by atoms with Gasteiger partial charge in [-0.1, -0.05) is 37.1 Å². The number of hydrogen-bond donors (Lipinski definition) is 1. The molecular weight excluding hydrogens is 400 g/mol. The van der Waals surface area contributed by atoms with Crippen molar-refractivity contribution in [3.63, 3.8) is 0 Å². The minimum absolute atomic E-state index is 0.111. The summed E-state index contributed by atoms with van der Waals surface area (Å²) in [5, 5.41) is 0.550. The van der Waals surface area contributed by atoms with Gasteiger partial charge in [0.15, 0.2) is 0 Å². The van der Waals surface area contributed by atoms with Gasteiger partial charge in [-0.15, -0.1) is 0 Å². The Morgan fingerprint density at radius 2 is 1.78 bits per heavy atom. The van der Waals surface area contributed by atoms with Crippen molar-refractivity contribution >= 4 is 28.6 Å². The number of aromatic amines is 1. The highest BCUT2D eigenvalue weighted by atomic mass is 16.2. The maximum atomic E-state index is 12.8. The molecule has 32 heavy (non-hydrogen) atoms. The number of likely N-dealkylation sites (N-methyl/N-ethyl adjacent to an activating group) is 1. The first-order chi connectivity index (χ1) is 15.6. The van der Waals surface area contributed by atoms with E-state index in [1.54, 1.807) is 23.1 Å². The van der Waals surface area contributed by atoms with Crippen LogP contribution in [-0.4, -0.2) is 40.4 Å². The summed E-state index contributed by atoms with van der Waals surface area (Å²) in [4.78, 5) is 36.5. The third kappa shape index (κ3) is 5.25. The lowest BCUT2D eigenvalue weighted by atomic mass is 10.1. The van der Waals surface area contributed by atoms with E-state index in [-0.39, 0.29) is 18.0 Å². The molecule has 6 nitrogen and oxygen atoms in total. The Bertz CT molecular complexity index is 1140. The lowest BCUT2D eigenvalue weighted by Gasteiger charge is -2.22. The van der Waals surface area contributed by atoms with Crippen molar-refractivity contribution in [1.82, 2.24) is 14.9 Å². The van der Waals surface area contributed by atoms with E-state index in [1.807, 2.05) is 25.1 Å². The quantitative estimate of drug-likeness (QED) is 0.590. The van der Waals surface area contributed by atoms with Crippen LogP contribution >= 0.6 is 0 Å². The monoisotopic (exact) mass is 430 g/mol. The number of nitrogens with one attached hydrogen (secondary N) is 1. The minimum Gasteiger partial charge on any atom is -0.372 e. The number of amides is 1. The first kappa shape index (κ1) is 21.8. The number of para-hydroxylation sites is 1. The van der Waals surface area contributed by atoms with Crippen molar-refractivity contribution in [1.29, 1.82) is 0 Å². The molecule has 3 aromatic rings. The molecule has 1 fully saturated rings. The Morgan fingerprint density at radius 1 is 1.06 bits per heavy atom. The van der Waals surface area contributed by atoms with Crippen molar-refractivity contribution in [3.8, 4) is 0 Å². The van der Waals surface area contributed by atoms with E-state index in [4.69, 9.17) is 0 Å². The molecule has 0 unspecified atom stereocenters. The summed E-state index contributed by atoms with van der Waals surface area (Å²) in [5.41, 5.74) is 2.69. The molecule has 1 aromatic heterocycles. The van der Waals surface area contributed by atoms with Crippen LogP contribution < -0.4 is 10.5 Å². The number of fused-ring (bicyclic) bond motifs is 1. The van der Waals surface area contributed by atoms with E-state index in [9.17, 15) is 9.59 Å². The van der Waals surface area contributed by atoms with Crippen LogP contribution in [0.2, 0.25) is 0 Å². The molecule has 0 bridgehead atoms. The zero-order valence-electron chi connectivity index (χ0n) is 18.6. The van der Waals surface area contributed by atoms with Crippen molar-refractivity contribution < 1.29 is 4.79 Å².